The van der Waals surface area contributed by atoms with E-state index < -0.39 is 22.6 Å². The summed E-state index contributed by atoms with van der Waals surface area (Å²) in [5.74, 6) is 0.263. The number of rotatable bonds is 16. The van der Waals surface area contributed by atoms with Crippen LogP contribution in [-0.2, 0) is 13.6 Å². The normalized spacial score (nSPS) is 22.4. The third-order valence-electron chi connectivity index (χ3n) is 10.7. The Labute approximate surface area is 249 Å². The molecule has 1 fully saturated rings. The zero-order chi connectivity index (χ0) is 30.0. The first kappa shape index (κ1) is 35.3. The van der Waals surface area contributed by atoms with Gasteiger partial charge in [0, 0.05) is 5.92 Å². The number of hydrogen-bond donors (Lipinski definition) is 1. The molecule has 2 aliphatic carbocycles. The summed E-state index contributed by atoms with van der Waals surface area (Å²) in [6.07, 6.45) is 18.2. The van der Waals surface area contributed by atoms with E-state index >= 15 is 0 Å². The van der Waals surface area contributed by atoms with Crippen LogP contribution >= 0.6 is 0 Å². The highest BCUT2D eigenvalue weighted by Crippen LogP contribution is 2.47. The molecule has 40 heavy (non-hydrogen) atoms. The van der Waals surface area contributed by atoms with Crippen molar-refractivity contribution in [1.29, 1.82) is 0 Å². The minimum Gasteiger partial charge on any atom is -0.481 e. The maximum atomic E-state index is 10.8. The van der Waals surface area contributed by atoms with E-state index in [0.717, 1.165) is 32.1 Å². The van der Waals surface area contributed by atoms with Crippen LogP contribution in [0, 0.1) is 11.8 Å². The predicted molar refractivity (Wildman–Crippen MR) is 175 cm³/mol. The predicted octanol–water partition coefficient (Wildman–Crippen LogP) is 10.4. The van der Waals surface area contributed by atoms with Crippen molar-refractivity contribution in [1.82, 2.24) is 0 Å². The molecule has 0 aromatic heterocycles. The molecular formula is C34H62O4Si2. The molecule has 6 heteroatoms. The highest BCUT2D eigenvalue weighted by atomic mass is 28.4. The second-order valence-corrected chi connectivity index (χ2v) is 23.7. The summed E-state index contributed by atoms with van der Waals surface area (Å²) in [5, 5.41) is 9.11. The molecule has 0 bridgehead atoms. The SMILES string of the molecule is CC[Si](CC)(CC)OC1CC=C(CCC(C)(O[Si](C)(C)C(C)(C)C)C2CCCCC2)[C@H]1CCC=C=CCC(=O)O. The first-order valence-electron chi connectivity index (χ1n) is 16.4. The summed E-state index contributed by atoms with van der Waals surface area (Å²) < 4.78 is 14.5. The molecule has 2 aliphatic rings. The Hall–Kier alpha value is -0.916. The van der Waals surface area contributed by atoms with Crippen LogP contribution in [-0.4, -0.2) is 39.4 Å². The van der Waals surface area contributed by atoms with Crippen LogP contribution in [0.1, 0.15) is 119 Å². The van der Waals surface area contributed by atoms with Crippen LogP contribution in [0.3, 0.4) is 0 Å². The average molecular weight is 591 g/mol. The lowest BCUT2D eigenvalue weighted by Gasteiger charge is -2.49. The minimum absolute atomic E-state index is 0.0302. The van der Waals surface area contributed by atoms with E-state index in [4.69, 9.17) is 14.0 Å². The second kappa shape index (κ2) is 15.5. The van der Waals surface area contributed by atoms with E-state index in [0.29, 0.717) is 11.8 Å². The monoisotopic (exact) mass is 590 g/mol. The maximum Gasteiger partial charge on any atom is 0.307 e. The first-order valence-corrected chi connectivity index (χ1v) is 21.8. The lowest BCUT2D eigenvalue weighted by Crippen LogP contribution is -2.52. The number of hydrogen-bond acceptors (Lipinski definition) is 3. The quantitative estimate of drug-likeness (QED) is 0.110. The Morgan fingerprint density at radius 3 is 2.23 bits per heavy atom. The van der Waals surface area contributed by atoms with Gasteiger partial charge in [-0.25, -0.2) is 0 Å². The molecule has 0 spiro atoms. The highest BCUT2D eigenvalue weighted by molar-refractivity contribution is 6.74. The van der Waals surface area contributed by atoms with Gasteiger partial charge in [-0.3, -0.25) is 4.79 Å². The molecule has 230 valence electrons. The molecule has 4 nitrogen and oxygen atoms in total. The van der Waals surface area contributed by atoms with Crippen LogP contribution in [0.5, 0.6) is 0 Å². The van der Waals surface area contributed by atoms with Crippen LogP contribution in [0.2, 0.25) is 36.3 Å². The zero-order valence-electron chi connectivity index (χ0n) is 27.5. The van der Waals surface area contributed by atoms with Crippen LogP contribution in [0.4, 0.5) is 0 Å². The second-order valence-electron chi connectivity index (χ2n) is 14.3. The Bertz CT molecular complexity index is 878. The fourth-order valence-electron chi connectivity index (χ4n) is 6.69. The van der Waals surface area contributed by atoms with Crippen molar-refractivity contribution in [2.24, 2.45) is 11.8 Å². The van der Waals surface area contributed by atoms with Gasteiger partial charge in [-0.1, -0.05) is 72.5 Å². The van der Waals surface area contributed by atoms with Gasteiger partial charge in [-0.15, -0.1) is 5.73 Å². The lowest BCUT2D eigenvalue weighted by atomic mass is 9.75. The average Bonchev–Trinajstić information content (AvgIpc) is 3.28. The smallest absolute Gasteiger partial charge is 0.307 e. The Balaban J connectivity index is 2.25. The molecule has 0 amide bonds. The first-order chi connectivity index (χ1) is 18.7. The topological polar surface area (TPSA) is 55.8 Å². The molecule has 1 saturated carbocycles. The van der Waals surface area contributed by atoms with E-state index in [9.17, 15) is 4.79 Å². The van der Waals surface area contributed by atoms with Gasteiger partial charge in [0.05, 0.1) is 18.1 Å². The van der Waals surface area contributed by atoms with Crippen molar-refractivity contribution in [2.45, 2.75) is 167 Å². The molecule has 0 radical (unpaired) electrons. The van der Waals surface area contributed by atoms with Gasteiger partial charge in [0.25, 0.3) is 0 Å². The van der Waals surface area contributed by atoms with Gasteiger partial charge in [0.15, 0.2) is 16.6 Å². The molecule has 1 N–H and O–H groups in total. The fourth-order valence-corrected chi connectivity index (χ4v) is 11.3. The van der Waals surface area contributed by atoms with Crippen molar-refractivity contribution in [2.75, 3.05) is 0 Å². The molecule has 0 aromatic rings. The summed E-state index contributed by atoms with van der Waals surface area (Å²) in [6, 6.07) is 3.53. The number of aliphatic carboxylic acids is 1. The zero-order valence-corrected chi connectivity index (χ0v) is 29.5. The van der Waals surface area contributed by atoms with Gasteiger partial charge in [-0.2, -0.15) is 0 Å². The minimum atomic E-state index is -1.92. The molecule has 0 aromatic carbocycles. The summed E-state index contributed by atoms with van der Waals surface area (Å²) in [6.45, 7) is 21.3. The van der Waals surface area contributed by atoms with Crippen molar-refractivity contribution in [3.63, 3.8) is 0 Å². The van der Waals surface area contributed by atoms with E-state index in [1.54, 1.807) is 11.6 Å². The van der Waals surface area contributed by atoms with Gasteiger partial charge in [0.2, 0.25) is 0 Å². The van der Waals surface area contributed by atoms with Gasteiger partial charge < -0.3 is 14.0 Å². The van der Waals surface area contributed by atoms with Gasteiger partial charge >= 0.3 is 5.97 Å². The highest BCUT2D eigenvalue weighted by Gasteiger charge is 2.46. The Morgan fingerprint density at radius 1 is 1.05 bits per heavy atom. The summed E-state index contributed by atoms with van der Waals surface area (Å²) in [4.78, 5) is 10.8. The Morgan fingerprint density at radius 2 is 1.68 bits per heavy atom. The van der Waals surface area contributed by atoms with Crippen molar-refractivity contribution in [3.8, 4) is 0 Å². The number of carboxylic acids is 1. The van der Waals surface area contributed by atoms with Crippen LogP contribution in [0.15, 0.2) is 29.5 Å². The van der Waals surface area contributed by atoms with Crippen LogP contribution in [0.25, 0.3) is 0 Å². The van der Waals surface area contributed by atoms with E-state index in [1.165, 1.54) is 50.2 Å². The van der Waals surface area contributed by atoms with Crippen molar-refractivity contribution < 1.29 is 18.8 Å². The number of carbonyl (C=O) groups is 1. The third kappa shape index (κ3) is 9.83. The molecule has 2 rings (SSSR count). The van der Waals surface area contributed by atoms with Crippen molar-refractivity contribution >= 4 is 22.6 Å². The maximum absolute atomic E-state index is 10.8. The summed E-state index contributed by atoms with van der Waals surface area (Å²) >= 11 is 0. The molecule has 0 heterocycles. The molecule has 0 saturated heterocycles. The lowest BCUT2D eigenvalue weighted by molar-refractivity contribution is -0.136. The largest absolute Gasteiger partial charge is 0.481 e. The summed E-state index contributed by atoms with van der Waals surface area (Å²) in [5.41, 5.74) is 4.58. The number of carboxylic acid groups (broad SMARTS) is 1. The Kier molecular flexibility index (Phi) is 13.7. The van der Waals surface area contributed by atoms with Gasteiger partial charge in [0.1, 0.15) is 0 Å². The van der Waals surface area contributed by atoms with E-state index in [-0.39, 0.29) is 23.2 Å². The fraction of sp³-hybridized carbons (Fsp3) is 0.824. The van der Waals surface area contributed by atoms with Gasteiger partial charge in [-0.05, 0) is 106 Å². The van der Waals surface area contributed by atoms with E-state index in [2.05, 4.69) is 73.4 Å². The molecule has 2 unspecified atom stereocenters. The van der Waals surface area contributed by atoms with E-state index in [1.807, 2.05) is 6.08 Å². The molecule has 3 atom stereocenters. The van der Waals surface area contributed by atoms with Crippen LogP contribution < -0.4 is 0 Å². The molecule has 0 aliphatic heterocycles. The summed E-state index contributed by atoms with van der Waals surface area (Å²) in [7, 11) is -3.63. The third-order valence-corrected chi connectivity index (χ3v) is 19.9. The standard InChI is InChI=1S/C34H62O4Si2/c1-10-40(11-2,12-3)37-31-25-24-28(30(31)22-18-13-14-19-23-32(35)36)26-27-34(7,29-20-16-15-17-21-29)38-39(8,9)33(4,5)6/h13,19,24,29-31H,10-12,15-18,20-23,25-27H2,1-9H3,(H,35,36)/t14?,30-,31?,34?/m1/s1. The molecular weight excluding hydrogens is 529 g/mol. The van der Waals surface area contributed by atoms with Crippen molar-refractivity contribution in [3.05, 3.63) is 29.5 Å².